The van der Waals surface area contributed by atoms with Crippen molar-refractivity contribution in [3.63, 3.8) is 0 Å². The Morgan fingerprint density at radius 2 is 1.09 bits per heavy atom. The van der Waals surface area contributed by atoms with Crippen LogP contribution in [0.1, 0.15) is 19.3 Å². The van der Waals surface area contributed by atoms with Crippen LogP contribution in [0.3, 0.4) is 0 Å². The van der Waals surface area contributed by atoms with Crippen molar-refractivity contribution in [1.82, 2.24) is 49.8 Å². The molecule has 2 amide bonds. The van der Waals surface area contributed by atoms with Crippen LogP contribution in [0.4, 0.5) is 11.9 Å². The third-order valence-electron chi connectivity index (χ3n) is 9.95. The Morgan fingerprint density at radius 3 is 1.58 bits per heavy atom. The standard InChI is InChI=1S/C21H20N6O2.C20H18N6O2/c1-29-14-7-4-6-13(12-14)18-25-19-15-8-2-3-9-16(15)23-21(27(19)26-18)24-17-10-5-11-22-20(17)28;1-28-13-6-4-5-12(11-13)17-24-18-14-7-2-3-8-15(14)22-20(26(18)25-17)23-16-9-10-21-19(16)27/h2-4,6-9,12,17H,5,10-11H2,1H3,(H,22,28)(H,23,24);2-8,11,16H,9-10H2,1H3,(H,21,27)(H,22,23). The highest BCUT2D eigenvalue weighted by atomic mass is 16.5. The van der Waals surface area contributed by atoms with Crippen molar-refractivity contribution in [1.29, 1.82) is 0 Å². The first kappa shape index (κ1) is 35.3. The fourth-order valence-electron chi connectivity index (χ4n) is 7.02. The van der Waals surface area contributed by atoms with Crippen LogP contribution < -0.4 is 30.7 Å². The second kappa shape index (κ2) is 15.1. The van der Waals surface area contributed by atoms with E-state index < -0.39 is 0 Å². The minimum atomic E-state index is -0.343. The summed E-state index contributed by atoms with van der Waals surface area (Å²) in [6.07, 6.45) is 2.37. The van der Waals surface area contributed by atoms with Crippen LogP contribution in [0.2, 0.25) is 0 Å². The number of piperidine rings is 1. The molecule has 2 fully saturated rings. The van der Waals surface area contributed by atoms with E-state index in [1.807, 2.05) is 97.1 Å². The Balaban J connectivity index is 0.000000148. The molecule has 0 bridgehead atoms. The van der Waals surface area contributed by atoms with Crippen LogP contribution >= 0.6 is 0 Å². The molecular formula is C41H38N12O4. The van der Waals surface area contributed by atoms with Gasteiger partial charge in [-0.05, 0) is 67.8 Å². The van der Waals surface area contributed by atoms with Gasteiger partial charge in [-0.15, -0.1) is 10.2 Å². The SMILES string of the molecule is COc1cccc(-c2nc3c4ccccc4nc(NC4CCCNC4=O)n3n2)c1.COc1cccc(-c2nc3c4ccccc4nc(NC4CCNC4=O)n3n2)c1. The smallest absolute Gasteiger partial charge is 0.242 e. The van der Waals surface area contributed by atoms with Gasteiger partial charge in [0.15, 0.2) is 22.9 Å². The fraction of sp³-hybridized carbons (Fsp3) is 0.220. The first-order valence-electron chi connectivity index (χ1n) is 18.6. The Bertz CT molecular complexity index is 2800. The van der Waals surface area contributed by atoms with Crippen LogP contribution in [0.25, 0.3) is 55.9 Å². The van der Waals surface area contributed by atoms with Gasteiger partial charge in [0, 0.05) is 35.0 Å². The molecule has 6 heterocycles. The van der Waals surface area contributed by atoms with Crippen LogP contribution in [0.15, 0.2) is 97.1 Å². The molecule has 8 aromatic rings. The van der Waals surface area contributed by atoms with Crippen molar-refractivity contribution in [2.75, 3.05) is 37.9 Å². The molecule has 0 radical (unpaired) electrons. The number of benzene rings is 4. The van der Waals surface area contributed by atoms with Crippen molar-refractivity contribution in [3.05, 3.63) is 97.1 Å². The summed E-state index contributed by atoms with van der Waals surface area (Å²) in [6, 6.07) is 30.1. The summed E-state index contributed by atoms with van der Waals surface area (Å²) in [7, 11) is 3.26. The summed E-state index contributed by atoms with van der Waals surface area (Å²) in [5, 5.41) is 23.4. The first-order chi connectivity index (χ1) is 27.9. The number of nitrogens with one attached hydrogen (secondary N) is 4. The zero-order chi connectivity index (χ0) is 38.9. The Kier molecular flexibility index (Phi) is 9.33. The lowest BCUT2D eigenvalue weighted by Crippen LogP contribution is -2.44. The van der Waals surface area contributed by atoms with E-state index in [0.717, 1.165) is 57.3 Å². The molecular weight excluding hydrogens is 725 g/mol. The number of carbonyl (C=O) groups is 2. The average molecular weight is 763 g/mol. The maximum absolute atomic E-state index is 12.2. The van der Waals surface area contributed by atoms with E-state index in [0.29, 0.717) is 54.4 Å². The van der Waals surface area contributed by atoms with Gasteiger partial charge in [0.05, 0.1) is 25.3 Å². The van der Waals surface area contributed by atoms with Crippen LogP contribution in [0, 0.1) is 0 Å². The van der Waals surface area contributed by atoms with Gasteiger partial charge in [-0.25, -0.2) is 19.9 Å². The summed E-state index contributed by atoms with van der Waals surface area (Å²) >= 11 is 0. The predicted octanol–water partition coefficient (Wildman–Crippen LogP) is 4.90. The maximum Gasteiger partial charge on any atom is 0.242 e. The van der Waals surface area contributed by atoms with Gasteiger partial charge in [-0.3, -0.25) is 9.59 Å². The molecule has 2 saturated heterocycles. The topological polar surface area (TPSA) is 187 Å². The Labute approximate surface area is 325 Å². The van der Waals surface area contributed by atoms with Crippen molar-refractivity contribution in [2.45, 2.75) is 31.3 Å². The lowest BCUT2D eigenvalue weighted by Gasteiger charge is -2.23. The molecule has 2 aliphatic heterocycles. The zero-order valence-corrected chi connectivity index (χ0v) is 31.1. The van der Waals surface area contributed by atoms with Gasteiger partial charge in [0.25, 0.3) is 0 Å². The van der Waals surface area contributed by atoms with Gasteiger partial charge in [0.1, 0.15) is 23.6 Å². The minimum absolute atomic E-state index is 0.0208. The van der Waals surface area contributed by atoms with E-state index in [-0.39, 0.29) is 23.9 Å². The third-order valence-corrected chi connectivity index (χ3v) is 9.95. The molecule has 16 heteroatoms. The van der Waals surface area contributed by atoms with E-state index in [2.05, 4.69) is 31.3 Å². The molecule has 10 rings (SSSR count). The minimum Gasteiger partial charge on any atom is -0.497 e. The summed E-state index contributed by atoms with van der Waals surface area (Å²) in [6.45, 7) is 1.36. The second-order valence-corrected chi connectivity index (χ2v) is 13.6. The summed E-state index contributed by atoms with van der Waals surface area (Å²) in [5.41, 5.74) is 4.65. The Hall–Kier alpha value is -7.36. The highest BCUT2D eigenvalue weighted by Crippen LogP contribution is 2.28. The molecule has 4 aromatic heterocycles. The molecule has 4 N–H and O–H groups in total. The number of hydrogen-bond donors (Lipinski definition) is 4. The normalized spacial score (nSPS) is 16.6. The van der Waals surface area contributed by atoms with Gasteiger partial charge in [-0.1, -0.05) is 48.5 Å². The first-order valence-corrected chi connectivity index (χ1v) is 18.6. The largest absolute Gasteiger partial charge is 0.497 e. The van der Waals surface area contributed by atoms with E-state index in [9.17, 15) is 9.59 Å². The van der Waals surface area contributed by atoms with Gasteiger partial charge in [0.2, 0.25) is 23.7 Å². The molecule has 2 unspecified atom stereocenters. The highest BCUT2D eigenvalue weighted by Gasteiger charge is 2.27. The molecule has 286 valence electrons. The number of ether oxygens (including phenoxy) is 2. The van der Waals surface area contributed by atoms with Crippen LogP contribution in [0.5, 0.6) is 11.5 Å². The molecule has 0 saturated carbocycles. The maximum atomic E-state index is 12.2. The number of anilines is 2. The van der Waals surface area contributed by atoms with Gasteiger partial charge < -0.3 is 30.7 Å². The summed E-state index contributed by atoms with van der Waals surface area (Å²) in [4.78, 5) is 43.2. The summed E-state index contributed by atoms with van der Waals surface area (Å²) in [5.74, 6) is 3.56. The van der Waals surface area contributed by atoms with Crippen molar-refractivity contribution >= 4 is 56.8 Å². The summed E-state index contributed by atoms with van der Waals surface area (Å²) < 4.78 is 14.0. The molecule has 57 heavy (non-hydrogen) atoms. The number of rotatable bonds is 8. The van der Waals surface area contributed by atoms with E-state index in [1.54, 1.807) is 23.3 Å². The average Bonchev–Trinajstić information content (AvgIpc) is 4.02. The lowest BCUT2D eigenvalue weighted by atomic mass is 10.1. The van der Waals surface area contributed by atoms with Gasteiger partial charge in [-0.2, -0.15) is 9.03 Å². The molecule has 2 aliphatic rings. The number of amides is 2. The third kappa shape index (κ3) is 6.92. The molecule has 0 aliphatic carbocycles. The van der Waals surface area contributed by atoms with E-state index in [4.69, 9.17) is 29.5 Å². The second-order valence-electron chi connectivity index (χ2n) is 13.6. The number of nitrogens with zero attached hydrogens (tertiary/aromatic N) is 8. The Morgan fingerprint density at radius 1 is 0.596 bits per heavy atom. The number of carbonyl (C=O) groups excluding carboxylic acids is 2. The van der Waals surface area contributed by atoms with Gasteiger partial charge >= 0.3 is 0 Å². The van der Waals surface area contributed by atoms with Crippen molar-refractivity contribution < 1.29 is 19.1 Å². The number of para-hydroxylation sites is 2. The molecule has 0 spiro atoms. The molecule has 4 aromatic carbocycles. The van der Waals surface area contributed by atoms with Crippen LogP contribution in [-0.4, -0.2) is 90.4 Å². The van der Waals surface area contributed by atoms with E-state index >= 15 is 0 Å². The van der Waals surface area contributed by atoms with Crippen molar-refractivity contribution in [3.8, 4) is 34.3 Å². The number of methoxy groups -OCH3 is 2. The zero-order valence-electron chi connectivity index (χ0n) is 31.1. The predicted molar refractivity (Wildman–Crippen MR) is 215 cm³/mol. The number of aromatic nitrogens is 8. The number of hydrogen-bond acceptors (Lipinski definition) is 12. The van der Waals surface area contributed by atoms with E-state index in [1.165, 1.54) is 0 Å². The molecule has 16 nitrogen and oxygen atoms in total. The molecule has 2 atom stereocenters. The quantitative estimate of drug-likeness (QED) is 0.164. The lowest BCUT2D eigenvalue weighted by molar-refractivity contribution is -0.123. The monoisotopic (exact) mass is 762 g/mol. The number of fused-ring (bicyclic) bond motifs is 6. The van der Waals surface area contributed by atoms with Crippen LogP contribution in [-0.2, 0) is 9.59 Å². The van der Waals surface area contributed by atoms with Crippen molar-refractivity contribution in [2.24, 2.45) is 0 Å². The fourth-order valence-corrected chi connectivity index (χ4v) is 7.02. The highest BCUT2D eigenvalue weighted by molar-refractivity contribution is 5.95.